The van der Waals surface area contributed by atoms with Crippen LogP contribution < -0.4 is 10.6 Å². The quantitative estimate of drug-likeness (QED) is 0.450. The van der Waals surface area contributed by atoms with Crippen molar-refractivity contribution in [3.8, 4) is 11.1 Å². The monoisotopic (exact) mass is 496 g/mol. The van der Waals surface area contributed by atoms with E-state index in [0.29, 0.717) is 12.2 Å². The first-order chi connectivity index (χ1) is 17.0. The summed E-state index contributed by atoms with van der Waals surface area (Å²) in [7, 11) is 0. The zero-order chi connectivity index (χ0) is 24.8. The van der Waals surface area contributed by atoms with Gasteiger partial charge in [-0.2, -0.15) is 11.8 Å². The van der Waals surface area contributed by atoms with Crippen molar-refractivity contribution in [1.82, 2.24) is 10.6 Å². The number of carboxylic acids is 1. The summed E-state index contributed by atoms with van der Waals surface area (Å²) in [5.41, 5.74) is 4.57. The van der Waals surface area contributed by atoms with Crippen LogP contribution in [0.5, 0.6) is 0 Å². The first-order valence-corrected chi connectivity index (χ1v) is 13.5. The predicted molar refractivity (Wildman–Crippen MR) is 137 cm³/mol. The third kappa shape index (κ3) is 5.99. The zero-order valence-electron chi connectivity index (χ0n) is 19.9. The van der Waals surface area contributed by atoms with Crippen molar-refractivity contribution in [3.63, 3.8) is 0 Å². The highest BCUT2D eigenvalue weighted by atomic mass is 32.2. The number of carbonyl (C=O) groups is 3. The number of carboxylic acid groups (broad SMARTS) is 1. The number of carbonyl (C=O) groups excluding carboxylic acids is 2. The molecule has 35 heavy (non-hydrogen) atoms. The molecule has 0 spiro atoms. The van der Waals surface area contributed by atoms with Gasteiger partial charge < -0.3 is 20.5 Å². The number of fused-ring (bicyclic) bond motifs is 3. The smallest absolute Gasteiger partial charge is 0.407 e. The molecule has 0 radical (unpaired) electrons. The first kappa shape index (κ1) is 25.1. The van der Waals surface area contributed by atoms with Crippen molar-refractivity contribution in [3.05, 3.63) is 59.7 Å². The molecule has 0 heterocycles. The molecule has 4 rings (SSSR count). The van der Waals surface area contributed by atoms with Crippen LogP contribution in [0.3, 0.4) is 0 Å². The van der Waals surface area contributed by atoms with Crippen LogP contribution in [0.15, 0.2) is 48.5 Å². The molecular weight excluding hydrogens is 464 g/mol. The minimum absolute atomic E-state index is 0.0419. The van der Waals surface area contributed by atoms with Gasteiger partial charge in [0.2, 0.25) is 5.91 Å². The minimum Gasteiger partial charge on any atom is -0.481 e. The van der Waals surface area contributed by atoms with Crippen molar-refractivity contribution >= 4 is 29.7 Å². The van der Waals surface area contributed by atoms with E-state index in [2.05, 4.69) is 34.9 Å². The van der Waals surface area contributed by atoms with Crippen LogP contribution in [0.25, 0.3) is 11.1 Å². The third-order valence-corrected chi connectivity index (χ3v) is 7.63. The summed E-state index contributed by atoms with van der Waals surface area (Å²) >= 11 is 1.59. The van der Waals surface area contributed by atoms with Gasteiger partial charge in [-0.25, -0.2) is 4.79 Å². The highest BCUT2D eigenvalue weighted by Crippen LogP contribution is 2.44. The Morgan fingerprint density at radius 3 is 2.34 bits per heavy atom. The second-order valence-electron chi connectivity index (χ2n) is 9.21. The van der Waals surface area contributed by atoms with Crippen molar-refractivity contribution < 1.29 is 24.2 Å². The minimum atomic E-state index is -0.855. The van der Waals surface area contributed by atoms with Gasteiger partial charge in [0.05, 0.1) is 6.42 Å². The molecule has 2 aliphatic carbocycles. The summed E-state index contributed by atoms with van der Waals surface area (Å²) in [4.78, 5) is 36.9. The summed E-state index contributed by atoms with van der Waals surface area (Å²) in [6.07, 6.45) is 4.26. The van der Waals surface area contributed by atoms with Gasteiger partial charge in [0.1, 0.15) is 12.6 Å². The fourth-order valence-corrected chi connectivity index (χ4v) is 5.74. The topological polar surface area (TPSA) is 105 Å². The molecule has 0 unspecified atom stereocenters. The molecule has 2 amide bonds. The summed E-state index contributed by atoms with van der Waals surface area (Å²) in [5, 5.41) is 14.9. The number of thioether (sulfide) groups is 1. The van der Waals surface area contributed by atoms with Gasteiger partial charge in [-0.1, -0.05) is 55.0 Å². The molecule has 3 atom stereocenters. The Hall–Kier alpha value is -3.00. The fraction of sp³-hybridized carbons (Fsp3) is 0.444. The molecule has 3 N–H and O–H groups in total. The molecule has 2 aromatic rings. The SMILES string of the molecule is CSCC[C@@H](NC(=O)OCC1c2ccccc2-c2ccccc21)C(=O)N[C@@H]1CCC[C@H]1CC(=O)O. The number of hydrogen-bond donors (Lipinski definition) is 3. The molecule has 0 aliphatic heterocycles. The van der Waals surface area contributed by atoms with Crippen LogP contribution in [0.1, 0.15) is 49.1 Å². The van der Waals surface area contributed by atoms with E-state index in [1.165, 1.54) is 0 Å². The average molecular weight is 497 g/mol. The second kappa shape index (κ2) is 11.6. The second-order valence-corrected chi connectivity index (χ2v) is 10.2. The molecule has 1 saturated carbocycles. The van der Waals surface area contributed by atoms with Gasteiger partial charge in [-0.3, -0.25) is 9.59 Å². The maximum Gasteiger partial charge on any atom is 0.407 e. The zero-order valence-corrected chi connectivity index (χ0v) is 20.7. The highest BCUT2D eigenvalue weighted by Gasteiger charge is 2.33. The molecule has 7 nitrogen and oxygen atoms in total. The van der Waals surface area contributed by atoms with Crippen LogP contribution in [-0.4, -0.2) is 53.8 Å². The molecule has 1 fully saturated rings. The van der Waals surface area contributed by atoms with E-state index in [0.717, 1.165) is 41.5 Å². The van der Waals surface area contributed by atoms with E-state index in [9.17, 15) is 14.4 Å². The standard InChI is InChI=1S/C27H32N2O5S/c1-35-14-13-24(26(32)28-23-12-6-7-17(23)15-25(30)31)29-27(33)34-16-22-20-10-4-2-8-18(20)19-9-3-5-11-21(19)22/h2-5,8-11,17,22-24H,6-7,12-16H2,1H3,(H,28,32)(H,29,33)(H,30,31)/t17-,23+,24+/m0/s1. The van der Waals surface area contributed by atoms with Gasteiger partial charge in [-0.05, 0) is 59.4 Å². The van der Waals surface area contributed by atoms with Gasteiger partial charge >= 0.3 is 12.1 Å². The van der Waals surface area contributed by atoms with Crippen LogP contribution in [-0.2, 0) is 14.3 Å². The van der Waals surface area contributed by atoms with Crippen molar-refractivity contribution in [2.24, 2.45) is 5.92 Å². The lowest BCUT2D eigenvalue weighted by Gasteiger charge is -2.24. The molecule has 2 aromatic carbocycles. The summed E-state index contributed by atoms with van der Waals surface area (Å²) in [5.74, 6) is -0.569. The Morgan fingerprint density at radius 1 is 1.06 bits per heavy atom. The Bertz CT molecular complexity index is 1030. The average Bonchev–Trinajstić information content (AvgIpc) is 3.41. The number of aliphatic carboxylic acids is 1. The molecule has 0 saturated heterocycles. The third-order valence-electron chi connectivity index (χ3n) is 6.99. The van der Waals surface area contributed by atoms with Crippen molar-refractivity contribution in [2.75, 3.05) is 18.6 Å². The van der Waals surface area contributed by atoms with E-state index in [1.807, 2.05) is 30.5 Å². The van der Waals surface area contributed by atoms with Gasteiger partial charge in [0.15, 0.2) is 0 Å². The Labute approximate surface area is 210 Å². The van der Waals surface area contributed by atoms with E-state index < -0.39 is 18.1 Å². The number of rotatable bonds is 10. The molecule has 2 aliphatic rings. The van der Waals surface area contributed by atoms with Gasteiger partial charge in [-0.15, -0.1) is 0 Å². The molecule has 0 bridgehead atoms. The van der Waals surface area contributed by atoms with Crippen molar-refractivity contribution in [1.29, 1.82) is 0 Å². The summed E-state index contributed by atoms with van der Waals surface area (Å²) < 4.78 is 5.63. The molecule has 186 valence electrons. The largest absolute Gasteiger partial charge is 0.481 e. The highest BCUT2D eigenvalue weighted by molar-refractivity contribution is 7.98. The van der Waals surface area contributed by atoms with E-state index in [4.69, 9.17) is 9.84 Å². The van der Waals surface area contributed by atoms with Gasteiger partial charge in [0, 0.05) is 12.0 Å². The lowest BCUT2D eigenvalue weighted by Crippen LogP contribution is -2.51. The van der Waals surface area contributed by atoms with Gasteiger partial charge in [0.25, 0.3) is 0 Å². The van der Waals surface area contributed by atoms with Crippen molar-refractivity contribution in [2.45, 2.75) is 50.1 Å². The lowest BCUT2D eigenvalue weighted by atomic mass is 9.98. The van der Waals surface area contributed by atoms with Crippen LogP contribution >= 0.6 is 11.8 Å². The van der Waals surface area contributed by atoms with E-state index in [1.54, 1.807) is 11.8 Å². The number of benzene rings is 2. The predicted octanol–water partition coefficient (Wildman–Crippen LogP) is 4.41. The van der Waals surface area contributed by atoms with Crippen LogP contribution in [0, 0.1) is 5.92 Å². The summed E-state index contributed by atoms with van der Waals surface area (Å²) in [6.45, 7) is 0.181. The number of amides is 2. The number of nitrogens with one attached hydrogen (secondary N) is 2. The fourth-order valence-electron chi connectivity index (χ4n) is 5.27. The van der Waals surface area contributed by atoms with E-state index in [-0.39, 0.29) is 36.8 Å². The molecule has 0 aromatic heterocycles. The Kier molecular flexibility index (Phi) is 8.33. The number of hydrogen-bond acceptors (Lipinski definition) is 5. The molecular formula is C27H32N2O5S. The number of alkyl carbamates (subject to hydrolysis) is 1. The normalized spacial score (nSPS) is 19.5. The first-order valence-electron chi connectivity index (χ1n) is 12.1. The maximum absolute atomic E-state index is 13.0. The Morgan fingerprint density at radius 2 is 1.71 bits per heavy atom. The lowest BCUT2D eigenvalue weighted by molar-refractivity contribution is -0.138. The van der Waals surface area contributed by atoms with Crippen LogP contribution in [0.4, 0.5) is 4.79 Å². The number of ether oxygens (including phenoxy) is 1. The van der Waals surface area contributed by atoms with E-state index >= 15 is 0 Å². The van der Waals surface area contributed by atoms with Crippen LogP contribution in [0.2, 0.25) is 0 Å². The molecule has 8 heteroatoms. The summed E-state index contributed by atoms with van der Waals surface area (Å²) in [6, 6.07) is 15.4. The maximum atomic E-state index is 13.0. The Balaban J connectivity index is 1.37.